The van der Waals surface area contributed by atoms with Gasteiger partial charge in [-0.15, -0.1) is 22.6 Å². The summed E-state index contributed by atoms with van der Waals surface area (Å²) in [4.78, 5) is 4.03. The van der Waals surface area contributed by atoms with E-state index in [0.717, 1.165) is 21.9 Å². The van der Waals surface area contributed by atoms with E-state index in [-0.39, 0.29) is 12.4 Å². The number of hydrogen-bond donors (Lipinski definition) is 2. The summed E-state index contributed by atoms with van der Waals surface area (Å²) < 4.78 is 5.20. The number of rotatable bonds is 7. The maximum atomic E-state index is 9.34. The first kappa shape index (κ1) is 23.1. The normalized spacial score (nSPS) is 10.2. The number of aromatic nitrogens is 3. The number of halogens is 2. The first-order valence-electron chi connectivity index (χ1n) is 9.57. The van der Waals surface area contributed by atoms with E-state index in [0.29, 0.717) is 41.1 Å². The van der Waals surface area contributed by atoms with Gasteiger partial charge in [0.25, 0.3) is 0 Å². The van der Waals surface area contributed by atoms with E-state index in [1.165, 1.54) is 0 Å². The van der Waals surface area contributed by atoms with Crippen molar-refractivity contribution in [3.05, 3.63) is 82.6 Å². The van der Waals surface area contributed by atoms with Gasteiger partial charge in [-0.3, -0.25) is 4.98 Å². The predicted octanol–water partition coefficient (Wildman–Crippen LogP) is 5.20. The van der Waals surface area contributed by atoms with Crippen molar-refractivity contribution in [2.75, 3.05) is 17.7 Å². The lowest BCUT2D eigenvalue weighted by atomic mass is 10.1. The molecule has 0 saturated carbocycles. The Kier molecular flexibility index (Phi) is 7.66. The molecule has 0 unspecified atom stereocenters. The molecule has 0 radical (unpaired) electrons. The summed E-state index contributed by atoms with van der Waals surface area (Å²) in [5.41, 5.74) is 2.60. The largest absolute Gasteiger partial charge is 0.495 e. The number of fused-ring (bicyclic) bond motifs is 1. The average molecular weight is 467 g/mol. The van der Waals surface area contributed by atoms with Gasteiger partial charge < -0.3 is 15.4 Å². The quantitative estimate of drug-likeness (QED) is 0.386. The molecule has 0 spiro atoms. The number of nitrogens with zero attached hydrogens (tertiary/aromatic N) is 4. The molecule has 0 saturated heterocycles. The number of ether oxygens (including phenoxy) is 1. The summed E-state index contributed by atoms with van der Waals surface area (Å²) in [6.45, 7) is 1.08. The average Bonchev–Trinajstić information content (AvgIpc) is 2.82. The minimum absolute atomic E-state index is 0. The van der Waals surface area contributed by atoms with Gasteiger partial charge in [-0.05, 0) is 53.6 Å². The highest BCUT2D eigenvalue weighted by atomic mass is 35.5. The van der Waals surface area contributed by atoms with Gasteiger partial charge in [-0.25, -0.2) is 0 Å². The molecule has 0 bridgehead atoms. The number of pyridine rings is 1. The maximum absolute atomic E-state index is 9.34. The summed E-state index contributed by atoms with van der Waals surface area (Å²) >= 11 is 6.22. The van der Waals surface area contributed by atoms with E-state index in [9.17, 15) is 5.26 Å². The monoisotopic (exact) mass is 466 g/mol. The fourth-order valence-electron chi connectivity index (χ4n) is 3.18. The third-order valence-corrected chi connectivity index (χ3v) is 5.09. The number of benzene rings is 2. The number of hydrogen-bond acceptors (Lipinski definition) is 7. The standard InChI is InChI=1S/C23H19ClN6O.ClH/c1-31-21-5-3-17(11-20(21)24)14-28-23-19-10-16(12-25)2-4-18(19)22(29-30-23)27-13-15-6-8-26-9-7-15;/h2-11H,13-14H2,1H3,(H,27,29)(H,28,30);1H. The smallest absolute Gasteiger partial charge is 0.157 e. The van der Waals surface area contributed by atoms with E-state index in [1.807, 2.05) is 42.5 Å². The van der Waals surface area contributed by atoms with E-state index in [2.05, 4.69) is 31.9 Å². The van der Waals surface area contributed by atoms with Gasteiger partial charge in [0.05, 0.1) is 23.8 Å². The van der Waals surface area contributed by atoms with Crippen molar-refractivity contribution < 1.29 is 4.74 Å². The fraction of sp³-hybridized carbons (Fsp3) is 0.130. The predicted molar refractivity (Wildman–Crippen MR) is 128 cm³/mol. The van der Waals surface area contributed by atoms with Gasteiger partial charge >= 0.3 is 0 Å². The minimum Gasteiger partial charge on any atom is -0.495 e. The van der Waals surface area contributed by atoms with Crippen LogP contribution in [0.2, 0.25) is 5.02 Å². The second kappa shape index (κ2) is 10.6. The molecule has 2 aromatic heterocycles. The zero-order valence-electron chi connectivity index (χ0n) is 17.2. The van der Waals surface area contributed by atoms with Gasteiger partial charge in [0, 0.05) is 36.3 Å². The van der Waals surface area contributed by atoms with Crippen LogP contribution in [0.5, 0.6) is 5.75 Å². The first-order chi connectivity index (χ1) is 15.2. The summed E-state index contributed by atoms with van der Waals surface area (Å²) in [5.74, 6) is 1.86. The Labute approximate surface area is 196 Å². The fourth-order valence-corrected chi connectivity index (χ4v) is 3.46. The second-order valence-corrected chi connectivity index (χ2v) is 7.21. The van der Waals surface area contributed by atoms with Gasteiger partial charge in [0.2, 0.25) is 0 Å². The van der Waals surface area contributed by atoms with E-state index < -0.39 is 0 Å². The highest BCUT2D eigenvalue weighted by Gasteiger charge is 2.11. The molecule has 4 rings (SSSR count). The van der Waals surface area contributed by atoms with Crippen LogP contribution in [0.3, 0.4) is 0 Å². The molecule has 0 aliphatic carbocycles. The molecule has 7 nitrogen and oxygen atoms in total. The molecule has 2 N–H and O–H groups in total. The summed E-state index contributed by atoms with van der Waals surface area (Å²) in [6.07, 6.45) is 3.50. The van der Waals surface area contributed by atoms with Gasteiger partial charge in [-0.1, -0.05) is 17.7 Å². The van der Waals surface area contributed by atoms with Crippen LogP contribution in [-0.2, 0) is 13.1 Å². The zero-order chi connectivity index (χ0) is 21.6. The number of nitrogens with one attached hydrogen (secondary N) is 2. The van der Waals surface area contributed by atoms with Gasteiger partial charge in [-0.2, -0.15) is 5.26 Å². The summed E-state index contributed by atoms with van der Waals surface area (Å²) in [6, 6.07) is 17.1. The lowest BCUT2D eigenvalue weighted by Gasteiger charge is -2.13. The van der Waals surface area contributed by atoms with E-state index in [1.54, 1.807) is 25.6 Å². The number of methoxy groups -OCH3 is 1. The molecule has 162 valence electrons. The third kappa shape index (κ3) is 5.17. The van der Waals surface area contributed by atoms with Crippen LogP contribution in [0.4, 0.5) is 11.6 Å². The second-order valence-electron chi connectivity index (χ2n) is 6.80. The molecule has 0 aliphatic heterocycles. The molecule has 2 heterocycles. The molecule has 32 heavy (non-hydrogen) atoms. The van der Waals surface area contributed by atoms with Crippen molar-refractivity contribution >= 4 is 46.4 Å². The van der Waals surface area contributed by atoms with Crippen molar-refractivity contribution in [2.24, 2.45) is 0 Å². The Morgan fingerprint density at radius 1 is 0.906 bits per heavy atom. The lowest BCUT2D eigenvalue weighted by molar-refractivity contribution is 0.415. The van der Waals surface area contributed by atoms with Crippen LogP contribution in [-0.4, -0.2) is 22.3 Å². The molecule has 2 aromatic carbocycles. The van der Waals surface area contributed by atoms with E-state index in [4.69, 9.17) is 16.3 Å². The highest BCUT2D eigenvalue weighted by molar-refractivity contribution is 6.32. The van der Waals surface area contributed by atoms with Crippen molar-refractivity contribution in [2.45, 2.75) is 13.1 Å². The van der Waals surface area contributed by atoms with Crippen LogP contribution >= 0.6 is 24.0 Å². The number of anilines is 2. The van der Waals surface area contributed by atoms with Crippen LogP contribution in [0.15, 0.2) is 60.9 Å². The molecule has 9 heteroatoms. The Balaban J connectivity index is 0.00000289. The van der Waals surface area contributed by atoms with Crippen LogP contribution in [0, 0.1) is 11.3 Å². The molecule has 0 amide bonds. The van der Waals surface area contributed by atoms with Crippen LogP contribution in [0.25, 0.3) is 10.8 Å². The molecular formula is C23H20Cl2N6O. The van der Waals surface area contributed by atoms with Gasteiger partial charge in [0.1, 0.15) is 5.75 Å². The molecule has 0 atom stereocenters. The Morgan fingerprint density at radius 2 is 1.59 bits per heavy atom. The maximum Gasteiger partial charge on any atom is 0.157 e. The van der Waals surface area contributed by atoms with Crippen molar-refractivity contribution in [1.82, 2.24) is 15.2 Å². The van der Waals surface area contributed by atoms with Gasteiger partial charge in [0.15, 0.2) is 11.6 Å². The third-order valence-electron chi connectivity index (χ3n) is 4.79. The lowest BCUT2D eigenvalue weighted by Crippen LogP contribution is -2.07. The Hall–Kier alpha value is -3.60. The van der Waals surface area contributed by atoms with Crippen molar-refractivity contribution in [1.29, 1.82) is 5.26 Å². The summed E-state index contributed by atoms with van der Waals surface area (Å²) in [5, 5.41) is 26.9. The van der Waals surface area contributed by atoms with E-state index >= 15 is 0 Å². The molecule has 4 aromatic rings. The Bertz CT molecular complexity index is 1260. The zero-order valence-corrected chi connectivity index (χ0v) is 18.7. The molecular weight excluding hydrogens is 447 g/mol. The van der Waals surface area contributed by atoms with Crippen LogP contribution < -0.4 is 15.4 Å². The summed E-state index contributed by atoms with van der Waals surface area (Å²) in [7, 11) is 1.58. The minimum atomic E-state index is 0. The molecule has 0 fully saturated rings. The Morgan fingerprint density at radius 3 is 2.25 bits per heavy atom. The topological polar surface area (TPSA) is 95.8 Å². The SMILES string of the molecule is COc1ccc(CNc2nnc(NCc3ccncc3)c3ccc(C#N)cc23)cc1Cl.Cl. The van der Waals surface area contributed by atoms with Crippen molar-refractivity contribution in [3.8, 4) is 11.8 Å². The first-order valence-corrected chi connectivity index (χ1v) is 9.95. The highest BCUT2D eigenvalue weighted by Crippen LogP contribution is 2.29. The number of nitriles is 1. The van der Waals surface area contributed by atoms with Crippen molar-refractivity contribution in [3.63, 3.8) is 0 Å². The van der Waals surface area contributed by atoms with Crippen LogP contribution in [0.1, 0.15) is 16.7 Å². The molecule has 0 aliphatic rings.